The van der Waals surface area contributed by atoms with Crippen LogP contribution in [0.4, 0.5) is 5.69 Å². The molecule has 0 unspecified atom stereocenters. The Hall–Kier alpha value is -1.68. The average Bonchev–Trinajstić information content (AvgIpc) is 2.76. The summed E-state index contributed by atoms with van der Waals surface area (Å²) in [6.45, 7) is 3.95. The van der Waals surface area contributed by atoms with Crippen LogP contribution in [-0.4, -0.2) is 10.9 Å². The minimum absolute atomic E-state index is 0.146. The molecule has 1 amide bonds. The summed E-state index contributed by atoms with van der Waals surface area (Å²) in [7, 11) is 0. The van der Waals surface area contributed by atoms with Crippen LogP contribution in [0.2, 0.25) is 0 Å². The van der Waals surface area contributed by atoms with Crippen molar-refractivity contribution in [2.45, 2.75) is 13.8 Å². The highest BCUT2D eigenvalue weighted by Gasteiger charge is 2.11. The van der Waals surface area contributed by atoms with Gasteiger partial charge in [-0.15, -0.1) is 11.3 Å². The molecule has 82 valence electrons. The first-order valence-corrected chi connectivity index (χ1v) is 5.83. The van der Waals surface area contributed by atoms with Gasteiger partial charge in [-0.1, -0.05) is 18.2 Å². The average molecular weight is 232 g/mol. The number of thiazole rings is 1. The summed E-state index contributed by atoms with van der Waals surface area (Å²) in [6, 6.07) is 5.93. The summed E-state index contributed by atoms with van der Waals surface area (Å²) >= 11 is 1.34. The smallest absolute Gasteiger partial charge is 0.284 e. The molecule has 0 saturated heterocycles. The molecule has 0 bridgehead atoms. The molecule has 0 aliphatic rings. The van der Waals surface area contributed by atoms with Crippen molar-refractivity contribution in [3.8, 4) is 0 Å². The normalized spacial score (nSPS) is 10.1. The monoisotopic (exact) mass is 232 g/mol. The van der Waals surface area contributed by atoms with Crippen molar-refractivity contribution in [1.29, 1.82) is 0 Å². The zero-order chi connectivity index (χ0) is 11.5. The van der Waals surface area contributed by atoms with Gasteiger partial charge in [0.15, 0.2) is 5.01 Å². The molecule has 0 spiro atoms. The van der Waals surface area contributed by atoms with Gasteiger partial charge < -0.3 is 5.32 Å². The maximum Gasteiger partial charge on any atom is 0.284 e. The third kappa shape index (κ3) is 2.12. The number of para-hydroxylation sites is 1. The third-order valence-electron chi connectivity index (χ3n) is 2.35. The standard InChI is InChI=1S/C12H12N2OS/c1-8-4-3-5-9(2)10(8)14-11(15)12-13-6-7-16-12/h3-7H,1-2H3,(H,14,15). The second-order valence-corrected chi connectivity index (χ2v) is 4.45. The lowest BCUT2D eigenvalue weighted by atomic mass is 10.1. The van der Waals surface area contributed by atoms with Gasteiger partial charge in [0.05, 0.1) is 0 Å². The fraction of sp³-hybridized carbons (Fsp3) is 0.167. The van der Waals surface area contributed by atoms with Gasteiger partial charge in [-0.2, -0.15) is 0 Å². The molecule has 16 heavy (non-hydrogen) atoms. The predicted octanol–water partition coefficient (Wildman–Crippen LogP) is 3.01. The predicted molar refractivity (Wildman–Crippen MR) is 66.0 cm³/mol. The topological polar surface area (TPSA) is 42.0 Å². The van der Waals surface area contributed by atoms with Crippen LogP contribution in [0.1, 0.15) is 20.9 Å². The number of nitrogens with one attached hydrogen (secondary N) is 1. The van der Waals surface area contributed by atoms with E-state index < -0.39 is 0 Å². The SMILES string of the molecule is Cc1cccc(C)c1NC(=O)c1nccs1. The highest BCUT2D eigenvalue weighted by molar-refractivity contribution is 7.11. The second kappa shape index (κ2) is 4.45. The molecule has 0 radical (unpaired) electrons. The number of amides is 1. The van der Waals surface area contributed by atoms with Gasteiger partial charge in [-0.3, -0.25) is 4.79 Å². The van der Waals surface area contributed by atoms with Crippen LogP contribution in [0.3, 0.4) is 0 Å². The van der Waals surface area contributed by atoms with E-state index in [1.165, 1.54) is 11.3 Å². The summed E-state index contributed by atoms with van der Waals surface area (Å²) in [6.07, 6.45) is 1.63. The molecule has 1 aromatic carbocycles. The number of anilines is 1. The lowest BCUT2D eigenvalue weighted by Gasteiger charge is -2.09. The molecule has 0 saturated carbocycles. The van der Waals surface area contributed by atoms with Gasteiger partial charge in [0.25, 0.3) is 5.91 Å². The van der Waals surface area contributed by atoms with Gasteiger partial charge in [0, 0.05) is 17.3 Å². The quantitative estimate of drug-likeness (QED) is 0.864. The van der Waals surface area contributed by atoms with E-state index in [9.17, 15) is 4.79 Å². The molecule has 4 heteroatoms. The highest BCUT2D eigenvalue weighted by atomic mass is 32.1. The van der Waals surface area contributed by atoms with E-state index in [0.29, 0.717) is 5.01 Å². The number of carbonyl (C=O) groups excluding carboxylic acids is 1. The molecule has 0 aliphatic heterocycles. The number of aromatic nitrogens is 1. The minimum atomic E-state index is -0.146. The fourth-order valence-corrected chi connectivity index (χ4v) is 2.04. The summed E-state index contributed by atoms with van der Waals surface area (Å²) in [5, 5.41) is 5.17. The molecule has 2 rings (SSSR count). The number of hydrogen-bond donors (Lipinski definition) is 1. The van der Waals surface area contributed by atoms with E-state index in [1.54, 1.807) is 11.6 Å². The number of benzene rings is 1. The Morgan fingerprint density at radius 2 is 2.00 bits per heavy atom. The summed E-state index contributed by atoms with van der Waals surface area (Å²) in [5.41, 5.74) is 3.00. The van der Waals surface area contributed by atoms with Crippen molar-refractivity contribution >= 4 is 22.9 Å². The van der Waals surface area contributed by atoms with Gasteiger partial charge in [0.2, 0.25) is 0 Å². The lowest BCUT2D eigenvalue weighted by Crippen LogP contribution is -2.13. The number of aryl methyl sites for hydroxylation is 2. The molecule has 1 N–H and O–H groups in total. The first-order chi connectivity index (χ1) is 7.68. The van der Waals surface area contributed by atoms with Crippen LogP contribution in [-0.2, 0) is 0 Å². The van der Waals surface area contributed by atoms with Crippen molar-refractivity contribution in [3.05, 3.63) is 45.9 Å². The molecule has 3 nitrogen and oxygen atoms in total. The van der Waals surface area contributed by atoms with Crippen molar-refractivity contribution in [3.63, 3.8) is 0 Å². The number of rotatable bonds is 2. The second-order valence-electron chi connectivity index (χ2n) is 3.56. The summed E-state index contributed by atoms with van der Waals surface area (Å²) in [4.78, 5) is 15.8. The first kappa shape index (κ1) is 10.8. The lowest BCUT2D eigenvalue weighted by molar-refractivity contribution is 0.102. The van der Waals surface area contributed by atoms with Gasteiger partial charge in [0.1, 0.15) is 0 Å². The molecule has 0 atom stereocenters. The molecule has 0 fully saturated rings. The van der Waals surface area contributed by atoms with Crippen LogP contribution in [0.15, 0.2) is 29.8 Å². The van der Waals surface area contributed by atoms with Crippen LogP contribution < -0.4 is 5.32 Å². The van der Waals surface area contributed by atoms with Crippen molar-refractivity contribution in [2.75, 3.05) is 5.32 Å². The fourth-order valence-electron chi connectivity index (χ4n) is 1.51. The van der Waals surface area contributed by atoms with E-state index in [0.717, 1.165) is 16.8 Å². The Kier molecular flexibility index (Phi) is 3.01. The van der Waals surface area contributed by atoms with Crippen molar-refractivity contribution in [1.82, 2.24) is 4.98 Å². The maximum atomic E-state index is 11.8. The van der Waals surface area contributed by atoms with Crippen LogP contribution >= 0.6 is 11.3 Å². The Bertz CT molecular complexity index is 485. The minimum Gasteiger partial charge on any atom is -0.319 e. The van der Waals surface area contributed by atoms with Gasteiger partial charge in [-0.05, 0) is 25.0 Å². The molecule has 1 aromatic heterocycles. The largest absolute Gasteiger partial charge is 0.319 e. The highest BCUT2D eigenvalue weighted by Crippen LogP contribution is 2.20. The summed E-state index contributed by atoms with van der Waals surface area (Å²) in [5.74, 6) is -0.146. The van der Waals surface area contributed by atoms with Crippen molar-refractivity contribution < 1.29 is 4.79 Å². The molecule has 2 aromatic rings. The molecule has 0 aliphatic carbocycles. The van der Waals surface area contributed by atoms with Gasteiger partial charge in [-0.25, -0.2) is 4.98 Å². The molecular formula is C12H12N2OS. The van der Waals surface area contributed by atoms with Gasteiger partial charge >= 0.3 is 0 Å². The van der Waals surface area contributed by atoms with Crippen LogP contribution in [0.25, 0.3) is 0 Å². The van der Waals surface area contributed by atoms with E-state index in [-0.39, 0.29) is 5.91 Å². The molecular weight excluding hydrogens is 220 g/mol. The number of hydrogen-bond acceptors (Lipinski definition) is 3. The Morgan fingerprint density at radius 3 is 2.56 bits per heavy atom. The molecule has 1 heterocycles. The number of nitrogens with zero attached hydrogens (tertiary/aromatic N) is 1. The Balaban J connectivity index is 2.25. The zero-order valence-corrected chi connectivity index (χ0v) is 9.97. The Morgan fingerprint density at radius 1 is 1.31 bits per heavy atom. The van der Waals surface area contributed by atoms with Crippen molar-refractivity contribution in [2.24, 2.45) is 0 Å². The first-order valence-electron chi connectivity index (χ1n) is 4.95. The van der Waals surface area contributed by atoms with E-state index in [4.69, 9.17) is 0 Å². The van der Waals surface area contributed by atoms with Crippen LogP contribution in [0.5, 0.6) is 0 Å². The van der Waals surface area contributed by atoms with E-state index >= 15 is 0 Å². The van der Waals surface area contributed by atoms with E-state index in [2.05, 4.69) is 10.3 Å². The van der Waals surface area contributed by atoms with Crippen LogP contribution in [0, 0.1) is 13.8 Å². The maximum absolute atomic E-state index is 11.8. The summed E-state index contributed by atoms with van der Waals surface area (Å²) < 4.78 is 0. The zero-order valence-electron chi connectivity index (χ0n) is 9.15. The third-order valence-corrected chi connectivity index (χ3v) is 3.12. The number of carbonyl (C=O) groups is 1. The Labute approximate surface area is 98.2 Å². The van der Waals surface area contributed by atoms with E-state index in [1.807, 2.05) is 32.0 Å².